The summed E-state index contributed by atoms with van der Waals surface area (Å²) in [6, 6.07) is 11.3. The molecule has 5 heteroatoms. The Balaban J connectivity index is 1.34. The van der Waals surface area contributed by atoms with Crippen LogP contribution in [0.15, 0.2) is 47.3 Å². The number of thiophene rings is 1. The van der Waals surface area contributed by atoms with Crippen LogP contribution in [0.25, 0.3) is 10.9 Å². The Morgan fingerprint density at radius 3 is 2.72 bits per heavy atom. The molecule has 0 spiro atoms. The molecule has 2 heterocycles. The van der Waals surface area contributed by atoms with E-state index in [0.29, 0.717) is 12.1 Å². The molecule has 1 saturated carbocycles. The quantitative estimate of drug-likeness (QED) is 0.625. The monoisotopic (exact) mass is 371 g/mol. The third kappa shape index (κ3) is 4.14. The van der Waals surface area contributed by atoms with Gasteiger partial charge in [-0.05, 0) is 72.3 Å². The Morgan fingerprint density at radius 1 is 1.08 bits per heavy atom. The normalized spacial score (nSPS) is 20.7. The molecular formula is C20H22ClN3S. The van der Waals surface area contributed by atoms with Gasteiger partial charge < -0.3 is 10.6 Å². The third-order valence-electron chi connectivity index (χ3n) is 4.97. The number of anilines is 1. The lowest BCUT2D eigenvalue weighted by molar-refractivity contribution is 0.353. The summed E-state index contributed by atoms with van der Waals surface area (Å²) in [6.45, 7) is 0.988. The minimum atomic E-state index is 0.528. The van der Waals surface area contributed by atoms with Crippen LogP contribution < -0.4 is 10.6 Å². The molecule has 1 fully saturated rings. The lowest BCUT2D eigenvalue weighted by Crippen LogP contribution is -2.36. The van der Waals surface area contributed by atoms with Crippen LogP contribution in [-0.4, -0.2) is 17.1 Å². The van der Waals surface area contributed by atoms with Crippen LogP contribution in [0.2, 0.25) is 5.02 Å². The largest absolute Gasteiger partial charge is 0.382 e. The highest BCUT2D eigenvalue weighted by Crippen LogP contribution is 2.28. The molecule has 130 valence electrons. The number of benzene rings is 1. The predicted octanol–water partition coefficient (Wildman–Crippen LogP) is 5.46. The molecule has 4 rings (SSSR count). The van der Waals surface area contributed by atoms with Gasteiger partial charge in [-0.3, -0.25) is 4.98 Å². The van der Waals surface area contributed by atoms with E-state index in [9.17, 15) is 0 Å². The van der Waals surface area contributed by atoms with Crippen LogP contribution in [0.1, 0.15) is 31.2 Å². The zero-order chi connectivity index (χ0) is 17.1. The number of halogens is 1. The zero-order valence-electron chi connectivity index (χ0n) is 14.0. The van der Waals surface area contributed by atoms with Crippen LogP contribution >= 0.6 is 22.9 Å². The summed E-state index contributed by atoms with van der Waals surface area (Å²) in [5, 5.41) is 13.7. The predicted molar refractivity (Wildman–Crippen MR) is 108 cm³/mol. The van der Waals surface area contributed by atoms with Gasteiger partial charge in [0, 0.05) is 40.9 Å². The molecule has 1 aromatic carbocycles. The van der Waals surface area contributed by atoms with Crippen LogP contribution in [0.5, 0.6) is 0 Å². The molecule has 0 unspecified atom stereocenters. The second-order valence-electron chi connectivity index (χ2n) is 6.73. The second-order valence-corrected chi connectivity index (χ2v) is 7.94. The first-order chi connectivity index (χ1) is 12.3. The van der Waals surface area contributed by atoms with Crippen molar-refractivity contribution in [2.24, 2.45) is 0 Å². The number of hydrogen-bond acceptors (Lipinski definition) is 4. The van der Waals surface area contributed by atoms with Crippen molar-refractivity contribution < 1.29 is 0 Å². The standard InChI is InChI=1S/C20H22ClN3S/c21-15-1-6-18-19(7-9-22-20(18)11-15)24-17-4-2-16(3-5-17)23-12-14-8-10-25-13-14/h1,6-11,13,16-17,23H,2-5,12H2,(H,22,24)/t16-,17+. The summed E-state index contributed by atoms with van der Waals surface area (Å²) in [7, 11) is 0. The molecule has 0 radical (unpaired) electrons. The van der Waals surface area contributed by atoms with Gasteiger partial charge in [0.1, 0.15) is 0 Å². The third-order valence-corrected chi connectivity index (χ3v) is 5.93. The van der Waals surface area contributed by atoms with Crippen LogP contribution in [0, 0.1) is 0 Å². The number of aromatic nitrogens is 1. The highest BCUT2D eigenvalue weighted by molar-refractivity contribution is 7.07. The van der Waals surface area contributed by atoms with E-state index >= 15 is 0 Å². The molecule has 0 saturated heterocycles. The molecule has 2 N–H and O–H groups in total. The molecule has 1 aliphatic rings. The van der Waals surface area contributed by atoms with Gasteiger partial charge in [0.25, 0.3) is 0 Å². The number of nitrogens with one attached hydrogen (secondary N) is 2. The molecule has 3 aromatic rings. The highest BCUT2D eigenvalue weighted by Gasteiger charge is 2.21. The molecule has 0 atom stereocenters. The van der Waals surface area contributed by atoms with Crippen LogP contribution in [-0.2, 0) is 6.54 Å². The SMILES string of the molecule is Clc1ccc2c(N[C@H]3CC[C@@H](NCc4ccsc4)CC3)ccnc2c1. The molecule has 25 heavy (non-hydrogen) atoms. The summed E-state index contributed by atoms with van der Waals surface area (Å²) < 4.78 is 0. The first kappa shape index (κ1) is 16.8. The van der Waals surface area contributed by atoms with E-state index in [1.54, 1.807) is 11.3 Å². The van der Waals surface area contributed by atoms with Gasteiger partial charge in [0.2, 0.25) is 0 Å². The van der Waals surface area contributed by atoms with E-state index in [-0.39, 0.29) is 0 Å². The van der Waals surface area contributed by atoms with Gasteiger partial charge in [-0.15, -0.1) is 0 Å². The lowest BCUT2D eigenvalue weighted by atomic mass is 9.90. The van der Waals surface area contributed by atoms with E-state index < -0.39 is 0 Å². The van der Waals surface area contributed by atoms with Crippen molar-refractivity contribution in [1.29, 1.82) is 0 Å². The van der Waals surface area contributed by atoms with E-state index in [1.807, 2.05) is 18.3 Å². The van der Waals surface area contributed by atoms with Gasteiger partial charge in [0.15, 0.2) is 0 Å². The molecule has 3 nitrogen and oxygen atoms in total. The summed E-state index contributed by atoms with van der Waals surface area (Å²) >= 11 is 7.85. The Bertz CT molecular complexity index is 826. The summed E-state index contributed by atoms with van der Waals surface area (Å²) in [4.78, 5) is 4.42. The molecule has 0 aliphatic heterocycles. The van der Waals surface area contributed by atoms with E-state index in [1.165, 1.54) is 31.2 Å². The van der Waals surface area contributed by atoms with Crippen LogP contribution in [0.4, 0.5) is 5.69 Å². The van der Waals surface area contributed by atoms with Gasteiger partial charge in [-0.2, -0.15) is 11.3 Å². The van der Waals surface area contributed by atoms with E-state index in [0.717, 1.165) is 28.2 Å². The van der Waals surface area contributed by atoms with Crippen molar-refractivity contribution in [2.45, 2.75) is 44.3 Å². The van der Waals surface area contributed by atoms with E-state index in [2.05, 4.69) is 44.6 Å². The molecule has 2 aromatic heterocycles. The minimum Gasteiger partial charge on any atom is -0.382 e. The van der Waals surface area contributed by atoms with Gasteiger partial charge in [0.05, 0.1) is 5.52 Å². The second kappa shape index (κ2) is 7.73. The van der Waals surface area contributed by atoms with Crippen molar-refractivity contribution >= 4 is 39.5 Å². The fraction of sp³-hybridized carbons (Fsp3) is 0.350. The minimum absolute atomic E-state index is 0.528. The Morgan fingerprint density at radius 2 is 1.92 bits per heavy atom. The molecule has 0 bridgehead atoms. The average molecular weight is 372 g/mol. The van der Waals surface area contributed by atoms with Crippen molar-refractivity contribution in [2.75, 3.05) is 5.32 Å². The summed E-state index contributed by atoms with van der Waals surface area (Å²) in [6.07, 6.45) is 6.68. The average Bonchev–Trinajstić information content (AvgIpc) is 3.15. The number of nitrogens with zero attached hydrogens (tertiary/aromatic N) is 1. The topological polar surface area (TPSA) is 37.0 Å². The van der Waals surface area contributed by atoms with Crippen molar-refractivity contribution in [3.8, 4) is 0 Å². The maximum Gasteiger partial charge on any atom is 0.0737 e. The highest BCUT2D eigenvalue weighted by atomic mass is 35.5. The van der Waals surface area contributed by atoms with Gasteiger partial charge >= 0.3 is 0 Å². The number of fused-ring (bicyclic) bond motifs is 1. The maximum atomic E-state index is 6.08. The molecule has 0 amide bonds. The van der Waals surface area contributed by atoms with Crippen LogP contribution in [0.3, 0.4) is 0 Å². The van der Waals surface area contributed by atoms with E-state index in [4.69, 9.17) is 11.6 Å². The first-order valence-electron chi connectivity index (χ1n) is 8.83. The zero-order valence-corrected chi connectivity index (χ0v) is 15.6. The lowest BCUT2D eigenvalue weighted by Gasteiger charge is -2.30. The Labute approximate surface area is 157 Å². The Hall–Kier alpha value is -1.62. The fourth-order valence-corrected chi connectivity index (χ4v) is 4.40. The van der Waals surface area contributed by atoms with Crippen molar-refractivity contribution in [3.63, 3.8) is 0 Å². The fourth-order valence-electron chi connectivity index (χ4n) is 3.56. The summed E-state index contributed by atoms with van der Waals surface area (Å²) in [5.41, 5.74) is 3.51. The van der Waals surface area contributed by atoms with Gasteiger partial charge in [-0.1, -0.05) is 11.6 Å². The molecular weight excluding hydrogens is 350 g/mol. The number of rotatable bonds is 5. The number of hydrogen-bond donors (Lipinski definition) is 2. The van der Waals surface area contributed by atoms with Crippen molar-refractivity contribution in [3.05, 3.63) is 57.9 Å². The summed E-state index contributed by atoms with van der Waals surface area (Å²) in [5.74, 6) is 0. The van der Waals surface area contributed by atoms with Crippen molar-refractivity contribution in [1.82, 2.24) is 10.3 Å². The molecule has 1 aliphatic carbocycles. The maximum absolute atomic E-state index is 6.08. The smallest absolute Gasteiger partial charge is 0.0737 e. The first-order valence-corrected chi connectivity index (χ1v) is 10.2. The Kier molecular flexibility index (Phi) is 5.20. The van der Waals surface area contributed by atoms with Gasteiger partial charge in [-0.25, -0.2) is 0 Å². The number of pyridine rings is 1.